The summed E-state index contributed by atoms with van der Waals surface area (Å²) in [6, 6.07) is 5.14. The summed E-state index contributed by atoms with van der Waals surface area (Å²) in [6.07, 6.45) is 9.88. The van der Waals surface area contributed by atoms with Crippen LogP contribution < -0.4 is 11.2 Å². The van der Waals surface area contributed by atoms with Crippen LogP contribution in [0.5, 0.6) is 0 Å². The predicted molar refractivity (Wildman–Crippen MR) is 133 cm³/mol. The number of nitrogens with one attached hydrogen (secondary N) is 1. The van der Waals surface area contributed by atoms with E-state index in [4.69, 9.17) is 10.6 Å². The maximum atomic E-state index is 13.9. The maximum absolute atomic E-state index is 13.9. The molecule has 2 unspecified atom stereocenters. The molecule has 5 rings (SSSR count). The summed E-state index contributed by atoms with van der Waals surface area (Å²) in [6.45, 7) is 3.41. The second kappa shape index (κ2) is 9.22. The summed E-state index contributed by atoms with van der Waals surface area (Å²) in [5, 5.41) is 9.62. The molecule has 1 saturated heterocycles. The number of aromatic nitrogens is 2. The Morgan fingerprint density at radius 2 is 2.09 bits per heavy atom. The summed E-state index contributed by atoms with van der Waals surface area (Å²) in [4.78, 5) is 14.3. The molecule has 35 heavy (non-hydrogen) atoms. The highest BCUT2D eigenvalue weighted by Gasteiger charge is 2.65. The first-order valence-electron chi connectivity index (χ1n) is 12.5. The van der Waals surface area contributed by atoms with Crippen molar-refractivity contribution in [2.24, 2.45) is 17.7 Å². The quantitative estimate of drug-likeness (QED) is 0.400. The second-order valence-corrected chi connectivity index (χ2v) is 12.4. The van der Waals surface area contributed by atoms with Crippen molar-refractivity contribution in [3.8, 4) is 0 Å². The number of sulfone groups is 1. The molecule has 3 N–H and O–H groups in total. The Kier molecular flexibility index (Phi) is 6.39. The number of nitrogens with zero attached hydrogens (tertiary/aromatic N) is 3. The summed E-state index contributed by atoms with van der Waals surface area (Å²) < 4.78 is 33.5. The van der Waals surface area contributed by atoms with Gasteiger partial charge in [0.1, 0.15) is 5.54 Å². The number of hydrazine groups is 1. The predicted octanol–water partition coefficient (Wildman–Crippen LogP) is 2.33. The Morgan fingerprint density at radius 3 is 2.74 bits per heavy atom. The highest BCUT2D eigenvalue weighted by Crippen LogP contribution is 2.57. The average molecular weight is 502 g/mol. The lowest BCUT2D eigenvalue weighted by Crippen LogP contribution is -2.46. The van der Waals surface area contributed by atoms with Crippen LogP contribution in [-0.2, 0) is 24.9 Å². The van der Waals surface area contributed by atoms with E-state index in [1.54, 1.807) is 36.3 Å². The van der Waals surface area contributed by atoms with Crippen molar-refractivity contribution in [1.29, 1.82) is 0 Å². The van der Waals surface area contributed by atoms with Gasteiger partial charge in [-0.1, -0.05) is 13.0 Å². The van der Waals surface area contributed by atoms with Crippen LogP contribution in [0.1, 0.15) is 45.4 Å². The third-order valence-corrected chi connectivity index (χ3v) is 10.1. The van der Waals surface area contributed by atoms with Crippen LogP contribution in [0.15, 0.2) is 41.6 Å². The van der Waals surface area contributed by atoms with Crippen molar-refractivity contribution in [1.82, 2.24) is 20.1 Å². The van der Waals surface area contributed by atoms with Crippen LogP contribution in [0.25, 0.3) is 10.9 Å². The van der Waals surface area contributed by atoms with Gasteiger partial charge in [-0.25, -0.2) is 18.9 Å². The van der Waals surface area contributed by atoms with Crippen LogP contribution in [0.3, 0.4) is 0 Å². The van der Waals surface area contributed by atoms with Crippen LogP contribution in [0, 0.1) is 11.8 Å². The summed E-state index contributed by atoms with van der Waals surface area (Å²) >= 11 is 0. The molecule has 10 heteroatoms. The molecule has 3 atom stereocenters. The summed E-state index contributed by atoms with van der Waals surface area (Å²) in [5.41, 5.74) is -0.150. The minimum atomic E-state index is -3.39. The highest BCUT2D eigenvalue weighted by molar-refractivity contribution is 7.92. The molecule has 2 heterocycles. The van der Waals surface area contributed by atoms with E-state index in [-0.39, 0.29) is 23.1 Å². The van der Waals surface area contributed by atoms with Crippen molar-refractivity contribution in [2.75, 3.05) is 20.3 Å². The van der Waals surface area contributed by atoms with E-state index < -0.39 is 15.4 Å². The molecule has 1 aromatic carbocycles. The van der Waals surface area contributed by atoms with Gasteiger partial charge in [-0.05, 0) is 68.6 Å². The number of carbonyl (C=O) groups excluding carboxylic acids is 1. The number of hydrogen-bond acceptors (Lipinski definition) is 7. The summed E-state index contributed by atoms with van der Waals surface area (Å²) in [7, 11) is -1.66. The molecule has 2 aromatic rings. The van der Waals surface area contributed by atoms with Gasteiger partial charge in [0.05, 0.1) is 21.9 Å². The monoisotopic (exact) mass is 501 g/mol. The maximum Gasteiger partial charge on any atom is 0.248 e. The van der Waals surface area contributed by atoms with Gasteiger partial charge in [0.25, 0.3) is 0 Å². The highest BCUT2D eigenvalue weighted by atomic mass is 32.2. The van der Waals surface area contributed by atoms with Gasteiger partial charge in [-0.3, -0.25) is 4.79 Å². The topological polar surface area (TPSA) is 120 Å². The van der Waals surface area contributed by atoms with Crippen molar-refractivity contribution < 1.29 is 17.9 Å². The number of amides is 1. The van der Waals surface area contributed by atoms with E-state index in [9.17, 15) is 13.2 Å². The molecule has 190 valence electrons. The molecule has 0 spiro atoms. The lowest BCUT2D eigenvalue weighted by atomic mass is 9.91. The zero-order chi connectivity index (χ0) is 24.8. The van der Waals surface area contributed by atoms with Crippen LogP contribution in [-0.4, -0.2) is 60.7 Å². The zero-order valence-electron chi connectivity index (χ0n) is 20.4. The Labute approximate surface area is 206 Å². The number of fused-ring (bicyclic) bond motifs is 1. The largest absolute Gasteiger partial charge is 0.381 e. The van der Waals surface area contributed by atoms with Gasteiger partial charge in [0, 0.05) is 37.9 Å². The fourth-order valence-corrected chi connectivity index (χ4v) is 7.37. The number of hydrogen-bond donors (Lipinski definition) is 2. The minimum Gasteiger partial charge on any atom is -0.381 e. The lowest BCUT2D eigenvalue weighted by molar-refractivity contribution is -0.127. The molecular weight excluding hydrogens is 466 g/mol. The minimum absolute atomic E-state index is 0.0781. The number of ether oxygens (including phenoxy) is 1. The standard InChI is InChI=1S/C25H35N5O4S/c1-3-18(9-12-29(2)26)28-24(31)25(15-21(25)17-10-13-34-14-11-17)30-22-5-4-6-23(20(22)16-27-30)35(32,33)19-7-8-19/h4-6,9,12,16-19,21H,3,7-8,10-11,13-15,26H2,1-2H3,(H,28,31)/b12-9-/t18?,21-,25?/m0/s1. The van der Waals surface area contributed by atoms with E-state index in [1.165, 1.54) is 5.01 Å². The number of benzene rings is 1. The number of nitrogens with two attached hydrogens (primary N) is 1. The first kappa shape index (κ1) is 24.3. The molecule has 1 amide bonds. The van der Waals surface area contributed by atoms with E-state index in [1.807, 2.05) is 19.1 Å². The first-order chi connectivity index (χ1) is 16.8. The van der Waals surface area contributed by atoms with Crippen LogP contribution in [0.4, 0.5) is 0 Å². The van der Waals surface area contributed by atoms with Crippen molar-refractivity contribution in [2.45, 2.75) is 67.2 Å². The van der Waals surface area contributed by atoms with E-state index in [2.05, 4.69) is 10.4 Å². The Bertz CT molecular complexity index is 1230. The van der Waals surface area contributed by atoms with Crippen molar-refractivity contribution in [3.63, 3.8) is 0 Å². The van der Waals surface area contributed by atoms with Gasteiger partial charge in [0.2, 0.25) is 5.91 Å². The van der Waals surface area contributed by atoms with E-state index in [0.29, 0.717) is 54.2 Å². The third-order valence-electron chi connectivity index (χ3n) is 7.74. The molecule has 2 saturated carbocycles. The first-order valence-corrected chi connectivity index (χ1v) is 14.1. The summed E-state index contributed by atoms with van der Waals surface area (Å²) in [5.74, 6) is 6.12. The SMILES string of the molecule is CCC(/C=C\N(C)N)NC(=O)C1(n2ncc3c(S(=O)(=O)C4CC4)cccc32)C[C@H]1C1CCOCC1. The van der Waals surface area contributed by atoms with Crippen LogP contribution in [0.2, 0.25) is 0 Å². The molecule has 1 aliphatic heterocycles. The van der Waals surface area contributed by atoms with E-state index in [0.717, 1.165) is 19.3 Å². The third kappa shape index (κ3) is 4.36. The number of carbonyl (C=O) groups is 1. The van der Waals surface area contributed by atoms with Gasteiger partial charge in [0.15, 0.2) is 9.84 Å². The van der Waals surface area contributed by atoms with Crippen molar-refractivity contribution >= 4 is 26.6 Å². The molecule has 0 bridgehead atoms. The Morgan fingerprint density at radius 1 is 1.34 bits per heavy atom. The fourth-order valence-electron chi connectivity index (χ4n) is 5.52. The smallest absolute Gasteiger partial charge is 0.248 e. The van der Waals surface area contributed by atoms with E-state index >= 15 is 0 Å². The molecular formula is C25H35N5O4S. The Hall–Kier alpha value is -2.43. The molecule has 1 aromatic heterocycles. The van der Waals surface area contributed by atoms with Crippen molar-refractivity contribution in [3.05, 3.63) is 36.7 Å². The van der Waals surface area contributed by atoms with Gasteiger partial charge < -0.3 is 15.1 Å². The van der Waals surface area contributed by atoms with Gasteiger partial charge in [-0.15, -0.1) is 0 Å². The second-order valence-electron chi connectivity index (χ2n) is 10.2. The normalized spacial score (nSPS) is 26.2. The average Bonchev–Trinajstić information content (AvgIpc) is 3.78. The lowest BCUT2D eigenvalue weighted by Gasteiger charge is -2.27. The van der Waals surface area contributed by atoms with Gasteiger partial charge in [-0.2, -0.15) is 5.10 Å². The molecule has 0 radical (unpaired) electrons. The fraction of sp³-hybridized carbons (Fsp3) is 0.600. The zero-order valence-corrected chi connectivity index (χ0v) is 21.2. The van der Waals surface area contributed by atoms with Crippen LogP contribution >= 0.6 is 0 Å². The Balaban J connectivity index is 1.54. The number of rotatable bonds is 9. The molecule has 3 fully saturated rings. The molecule has 9 nitrogen and oxygen atoms in total. The molecule has 2 aliphatic carbocycles. The van der Waals surface area contributed by atoms with Gasteiger partial charge >= 0.3 is 0 Å². The molecule has 3 aliphatic rings.